The van der Waals surface area contributed by atoms with Gasteiger partial charge in [-0.2, -0.15) is 0 Å². The van der Waals surface area contributed by atoms with Crippen LogP contribution in [0.2, 0.25) is 0 Å². The number of nitrogens with zero attached hydrogens (tertiary/aromatic N) is 2. The van der Waals surface area contributed by atoms with Gasteiger partial charge in [-0.25, -0.2) is 0 Å². The number of hydrogen-bond donors (Lipinski definition) is 1. The maximum Gasteiger partial charge on any atom is 0.261 e. The third-order valence-corrected chi connectivity index (χ3v) is 6.14. The number of halogens is 1. The van der Waals surface area contributed by atoms with E-state index in [1.54, 1.807) is 18.2 Å². The Bertz CT molecular complexity index is 809. The van der Waals surface area contributed by atoms with Crippen molar-refractivity contribution in [3.63, 3.8) is 0 Å². The molecule has 3 aliphatic rings. The monoisotopic (exact) mass is 421 g/mol. The van der Waals surface area contributed by atoms with Crippen LogP contribution in [-0.4, -0.2) is 65.9 Å². The van der Waals surface area contributed by atoms with Crippen LogP contribution in [0.5, 0.6) is 0 Å². The molecule has 0 spiro atoms. The van der Waals surface area contributed by atoms with Crippen molar-refractivity contribution < 1.29 is 19.1 Å². The molecule has 3 unspecified atom stereocenters. The van der Waals surface area contributed by atoms with Gasteiger partial charge in [-0.3, -0.25) is 19.3 Å². The third-order valence-electron chi connectivity index (χ3n) is 6.14. The summed E-state index contributed by atoms with van der Waals surface area (Å²) in [6.45, 7) is 4.20. The molecule has 0 radical (unpaired) electrons. The first-order valence-electron chi connectivity index (χ1n) is 10.1. The van der Waals surface area contributed by atoms with Crippen molar-refractivity contribution in [2.75, 3.05) is 26.2 Å². The minimum absolute atomic E-state index is 0. The minimum Gasteiger partial charge on any atom is -0.376 e. The van der Waals surface area contributed by atoms with E-state index in [1.165, 1.54) is 4.90 Å². The summed E-state index contributed by atoms with van der Waals surface area (Å²) in [5, 5.41) is 0. The number of likely N-dealkylation sites (tertiary alicyclic amines) is 1. The second-order valence-electron chi connectivity index (χ2n) is 8.13. The first-order valence-corrected chi connectivity index (χ1v) is 10.1. The van der Waals surface area contributed by atoms with E-state index in [1.807, 2.05) is 4.90 Å². The van der Waals surface area contributed by atoms with Crippen molar-refractivity contribution in [3.05, 3.63) is 34.9 Å². The molecule has 2 fully saturated rings. The van der Waals surface area contributed by atoms with Crippen molar-refractivity contribution >= 4 is 30.1 Å². The van der Waals surface area contributed by atoms with Gasteiger partial charge in [0.2, 0.25) is 0 Å². The van der Waals surface area contributed by atoms with Crippen LogP contribution in [0.15, 0.2) is 18.2 Å². The highest BCUT2D eigenvalue weighted by atomic mass is 35.5. The lowest BCUT2D eigenvalue weighted by Gasteiger charge is -2.38. The highest BCUT2D eigenvalue weighted by molar-refractivity contribution is 6.22. The van der Waals surface area contributed by atoms with Crippen molar-refractivity contribution in [2.45, 2.75) is 44.8 Å². The second kappa shape index (κ2) is 8.81. The lowest BCUT2D eigenvalue weighted by atomic mass is 9.91. The van der Waals surface area contributed by atoms with Crippen LogP contribution in [0.1, 0.15) is 63.7 Å². The van der Waals surface area contributed by atoms with Crippen LogP contribution in [-0.2, 0) is 4.74 Å². The maximum atomic E-state index is 13.1. The summed E-state index contributed by atoms with van der Waals surface area (Å²) in [6.07, 6.45) is 3.54. The van der Waals surface area contributed by atoms with E-state index in [-0.39, 0.29) is 48.8 Å². The molecule has 1 aromatic carbocycles. The van der Waals surface area contributed by atoms with Gasteiger partial charge in [-0.1, -0.05) is 6.92 Å². The fraction of sp³-hybridized carbons (Fsp3) is 0.571. The lowest BCUT2D eigenvalue weighted by Crippen LogP contribution is -2.49. The fourth-order valence-corrected chi connectivity index (χ4v) is 4.49. The van der Waals surface area contributed by atoms with Crippen molar-refractivity contribution in [3.8, 4) is 0 Å². The molecule has 3 atom stereocenters. The van der Waals surface area contributed by atoms with Crippen LogP contribution >= 0.6 is 12.4 Å². The van der Waals surface area contributed by atoms with Crippen molar-refractivity contribution in [1.29, 1.82) is 0 Å². The molecular weight excluding hydrogens is 394 g/mol. The summed E-state index contributed by atoms with van der Waals surface area (Å²) < 4.78 is 5.57. The van der Waals surface area contributed by atoms with Gasteiger partial charge < -0.3 is 15.4 Å². The predicted molar refractivity (Wildman–Crippen MR) is 110 cm³/mol. The summed E-state index contributed by atoms with van der Waals surface area (Å²) in [7, 11) is 0. The van der Waals surface area contributed by atoms with Gasteiger partial charge in [0, 0.05) is 31.3 Å². The average Bonchev–Trinajstić information content (AvgIpc) is 3.30. The number of imide groups is 1. The van der Waals surface area contributed by atoms with Crippen LogP contribution in [0.25, 0.3) is 0 Å². The Morgan fingerprint density at radius 2 is 1.97 bits per heavy atom. The molecule has 1 aromatic rings. The molecule has 4 rings (SSSR count). The van der Waals surface area contributed by atoms with E-state index < -0.39 is 0 Å². The standard InChI is InChI=1S/C21H27N3O4.ClH/c1-13-6-7-23(15(9-13)11-22)19(25)14-4-5-17-18(10-14)21(27)24(20(17)26)12-16-3-2-8-28-16;/h4-5,10,13,15-16H,2-3,6-9,11-12,22H2,1H3;1H. The summed E-state index contributed by atoms with van der Waals surface area (Å²) in [6, 6.07) is 4.83. The molecule has 2 saturated heterocycles. The summed E-state index contributed by atoms with van der Waals surface area (Å²) in [5.74, 6) is -0.222. The Labute approximate surface area is 176 Å². The molecule has 29 heavy (non-hydrogen) atoms. The molecule has 0 bridgehead atoms. The van der Waals surface area contributed by atoms with Crippen molar-refractivity contribution in [2.24, 2.45) is 11.7 Å². The number of hydrogen-bond acceptors (Lipinski definition) is 5. The Morgan fingerprint density at radius 1 is 1.21 bits per heavy atom. The zero-order valence-corrected chi connectivity index (χ0v) is 17.5. The third kappa shape index (κ3) is 4.04. The van der Waals surface area contributed by atoms with Gasteiger partial charge in [0.25, 0.3) is 17.7 Å². The molecule has 3 heterocycles. The van der Waals surface area contributed by atoms with E-state index in [0.29, 0.717) is 42.3 Å². The molecule has 0 aromatic heterocycles. The topological polar surface area (TPSA) is 92.9 Å². The number of carbonyl (C=O) groups excluding carboxylic acids is 3. The molecule has 2 N–H and O–H groups in total. The molecule has 158 valence electrons. The number of rotatable bonds is 4. The number of amides is 3. The van der Waals surface area contributed by atoms with Crippen LogP contribution in [0.4, 0.5) is 0 Å². The van der Waals surface area contributed by atoms with Gasteiger partial charge in [-0.05, 0) is 49.8 Å². The molecule has 0 saturated carbocycles. The fourth-order valence-electron chi connectivity index (χ4n) is 4.49. The zero-order chi connectivity index (χ0) is 19.8. The smallest absolute Gasteiger partial charge is 0.261 e. The lowest BCUT2D eigenvalue weighted by molar-refractivity contribution is 0.0475. The highest BCUT2D eigenvalue weighted by Gasteiger charge is 2.38. The van der Waals surface area contributed by atoms with Gasteiger partial charge >= 0.3 is 0 Å². The van der Waals surface area contributed by atoms with Crippen LogP contribution in [0.3, 0.4) is 0 Å². The Hall–Kier alpha value is -1.96. The van der Waals surface area contributed by atoms with E-state index in [0.717, 1.165) is 25.7 Å². The molecule has 0 aliphatic carbocycles. The van der Waals surface area contributed by atoms with Crippen LogP contribution in [0, 0.1) is 5.92 Å². The number of nitrogens with two attached hydrogens (primary N) is 1. The molecule has 3 amide bonds. The van der Waals surface area contributed by atoms with Gasteiger partial charge in [0.15, 0.2) is 0 Å². The number of benzene rings is 1. The summed E-state index contributed by atoms with van der Waals surface area (Å²) >= 11 is 0. The largest absolute Gasteiger partial charge is 0.376 e. The van der Waals surface area contributed by atoms with E-state index in [2.05, 4.69) is 6.92 Å². The highest BCUT2D eigenvalue weighted by Crippen LogP contribution is 2.28. The number of carbonyl (C=O) groups is 3. The second-order valence-corrected chi connectivity index (χ2v) is 8.13. The Morgan fingerprint density at radius 3 is 2.66 bits per heavy atom. The van der Waals surface area contributed by atoms with E-state index in [4.69, 9.17) is 10.5 Å². The molecular formula is C21H28ClN3O4. The SMILES string of the molecule is CC1CCN(C(=O)c2ccc3c(c2)C(=O)N(CC2CCCO2)C3=O)C(CN)C1.Cl. The predicted octanol–water partition coefficient (Wildman–Crippen LogP) is 2.08. The molecule has 8 heteroatoms. The van der Waals surface area contributed by atoms with Crippen molar-refractivity contribution in [1.82, 2.24) is 9.80 Å². The van der Waals surface area contributed by atoms with Gasteiger partial charge in [-0.15, -0.1) is 12.4 Å². The van der Waals surface area contributed by atoms with Gasteiger partial charge in [0.1, 0.15) is 0 Å². The first-order chi connectivity index (χ1) is 13.5. The van der Waals surface area contributed by atoms with Gasteiger partial charge in [0.05, 0.1) is 23.8 Å². The van der Waals surface area contributed by atoms with E-state index >= 15 is 0 Å². The maximum absolute atomic E-state index is 13.1. The number of piperidine rings is 1. The van der Waals surface area contributed by atoms with E-state index in [9.17, 15) is 14.4 Å². The summed E-state index contributed by atoms with van der Waals surface area (Å²) in [4.78, 5) is 41.6. The molecule has 7 nitrogen and oxygen atoms in total. The number of ether oxygens (including phenoxy) is 1. The molecule has 3 aliphatic heterocycles. The quantitative estimate of drug-likeness (QED) is 0.751. The average molecular weight is 422 g/mol. The Balaban J connectivity index is 0.00000240. The number of fused-ring (bicyclic) bond motifs is 1. The van der Waals surface area contributed by atoms with Crippen LogP contribution < -0.4 is 5.73 Å². The minimum atomic E-state index is -0.340. The Kier molecular flexibility index (Phi) is 6.61. The zero-order valence-electron chi connectivity index (χ0n) is 16.6. The first kappa shape index (κ1) is 21.7. The normalized spacial score (nSPS) is 26.5. The summed E-state index contributed by atoms with van der Waals surface area (Å²) in [5.41, 5.74) is 7.00.